The Kier molecular flexibility index (Phi) is 5.80. The van der Waals surface area contributed by atoms with Gasteiger partial charge >= 0.3 is 0 Å². The number of hydrogen-bond donors (Lipinski definition) is 1. The van der Waals surface area contributed by atoms with Gasteiger partial charge in [-0.3, -0.25) is 0 Å². The van der Waals surface area contributed by atoms with E-state index in [1.54, 1.807) is 11.8 Å². The maximum Gasteiger partial charge on any atom is 0.148 e. The van der Waals surface area contributed by atoms with E-state index < -0.39 is 9.84 Å². The maximum atomic E-state index is 11.1. The second kappa shape index (κ2) is 6.43. The van der Waals surface area contributed by atoms with Gasteiger partial charge in [0.1, 0.15) is 9.84 Å². The second-order valence-corrected chi connectivity index (χ2v) is 9.13. The zero-order chi connectivity index (χ0) is 13.1. The third kappa shape index (κ3) is 5.62. The van der Waals surface area contributed by atoms with Crippen LogP contribution in [0.3, 0.4) is 0 Å². The Labute approximate surface area is 110 Å². The van der Waals surface area contributed by atoms with Crippen molar-refractivity contribution in [2.75, 3.05) is 17.8 Å². The van der Waals surface area contributed by atoms with Gasteiger partial charge in [-0.1, -0.05) is 13.8 Å². The maximum absolute atomic E-state index is 11.1. The molecule has 2 N–H and O–H groups in total. The van der Waals surface area contributed by atoms with Crippen molar-refractivity contribution in [3.8, 4) is 0 Å². The SMILES string of the molecule is CC(C)C1CCC(N)C(SCCS(C)(=O)=O)C1. The molecule has 3 nitrogen and oxygen atoms in total. The highest BCUT2D eigenvalue weighted by molar-refractivity contribution is 8.01. The van der Waals surface area contributed by atoms with Gasteiger partial charge in [-0.15, -0.1) is 0 Å². The fourth-order valence-corrected chi connectivity index (χ4v) is 5.00. The number of thioether (sulfide) groups is 1. The van der Waals surface area contributed by atoms with Crippen LogP contribution < -0.4 is 5.73 Å². The summed E-state index contributed by atoms with van der Waals surface area (Å²) >= 11 is 1.75. The summed E-state index contributed by atoms with van der Waals surface area (Å²) in [6, 6.07) is 0.245. The highest BCUT2D eigenvalue weighted by Gasteiger charge is 2.29. The molecular weight excluding hydrogens is 254 g/mol. The molecule has 0 aromatic carbocycles. The van der Waals surface area contributed by atoms with Crippen LogP contribution in [-0.2, 0) is 9.84 Å². The van der Waals surface area contributed by atoms with Crippen LogP contribution in [0.5, 0.6) is 0 Å². The van der Waals surface area contributed by atoms with Crippen molar-refractivity contribution >= 4 is 21.6 Å². The predicted octanol–water partition coefficient (Wildman–Crippen LogP) is 1.92. The van der Waals surface area contributed by atoms with Gasteiger partial charge in [0.25, 0.3) is 0 Å². The van der Waals surface area contributed by atoms with Crippen molar-refractivity contribution in [1.29, 1.82) is 0 Å². The summed E-state index contributed by atoms with van der Waals surface area (Å²) in [4.78, 5) is 0. The molecule has 1 fully saturated rings. The lowest BCUT2D eigenvalue weighted by Gasteiger charge is -2.35. The summed E-state index contributed by atoms with van der Waals surface area (Å²) in [5.41, 5.74) is 6.12. The van der Waals surface area contributed by atoms with E-state index in [1.165, 1.54) is 12.7 Å². The van der Waals surface area contributed by atoms with Gasteiger partial charge in [-0.05, 0) is 31.1 Å². The summed E-state index contributed by atoms with van der Waals surface area (Å²) in [6.45, 7) is 4.53. The van der Waals surface area contributed by atoms with Crippen LogP contribution in [0.25, 0.3) is 0 Å². The van der Waals surface area contributed by atoms with Gasteiger partial charge in [0.2, 0.25) is 0 Å². The van der Waals surface area contributed by atoms with Gasteiger partial charge in [0, 0.05) is 23.3 Å². The Morgan fingerprint density at radius 2 is 2.00 bits per heavy atom. The first-order chi connectivity index (χ1) is 7.79. The molecule has 0 amide bonds. The Balaban J connectivity index is 2.40. The molecule has 1 saturated carbocycles. The number of hydrogen-bond acceptors (Lipinski definition) is 4. The molecule has 0 aliphatic heterocycles. The van der Waals surface area contributed by atoms with Gasteiger partial charge in [-0.25, -0.2) is 8.42 Å². The first kappa shape index (κ1) is 15.3. The van der Waals surface area contributed by atoms with Crippen molar-refractivity contribution < 1.29 is 8.42 Å². The number of nitrogens with two attached hydrogens (primary N) is 1. The van der Waals surface area contributed by atoms with Crippen molar-refractivity contribution in [3.05, 3.63) is 0 Å². The number of sulfone groups is 1. The van der Waals surface area contributed by atoms with E-state index in [0.29, 0.717) is 16.9 Å². The van der Waals surface area contributed by atoms with Gasteiger partial charge in [0.15, 0.2) is 0 Å². The topological polar surface area (TPSA) is 60.2 Å². The van der Waals surface area contributed by atoms with E-state index in [9.17, 15) is 8.42 Å². The molecule has 1 aliphatic rings. The minimum Gasteiger partial charge on any atom is -0.327 e. The van der Waals surface area contributed by atoms with Crippen LogP contribution in [0.2, 0.25) is 0 Å². The first-order valence-corrected chi connectivity index (χ1v) is 9.45. The Hall–Kier alpha value is 0.260. The average Bonchev–Trinajstić information content (AvgIpc) is 2.18. The van der Waals surface area contributed by atoms with Crippen LogP contribution in [0.4, 0.5) is 0 Å². The molecule has 5 heteroatoms. The number of rotatable bonds is 5. The van der Waals surface area contributed by atoms with Crippen LogP contribution >= 0.6 is 11.8 Å². The molecular formula is C12H25NO2S2. The molecule has 3 unspecified atom stereocenters. The fourth-order valence-electron chi connectivity index (χ4n) is 2.33. The molecule has 0 aromatic rings. The smallest absolute Gasteiger partial charge is 0.148 e. The van der Waals surface area contributed by atoms with Gasteiger partial charge in [0.05, 0.1) is 5.75 Å². The Bertz CT molecular complexity index is 327. The molecule has 0 aromatic heterocycles. The standard InChI is InChI=1S/C12H25NO2S2/c1-9(2)10-4-5-11(13)12(8-10)16-6-7-17(3,14)15/h9-12H,4-8,13H2,1-3H3. The Morgan fingerprint density at radius 1 is 1.35 bits per heavy atom. The summed E-state index contributed by atoms with van der Waals surface area (Å²) in [6.07, 6.45) is 4.75. The fraction of sp³-hybridized carbons (Fsp3) is 1.00. The van der Waals surface area contributed by atoms with E-state index in [-0.39, 0.29) is 11.8 Å². The van der Waals surface area contributed by atoms with Crippen LogP contribution in [0, 0.1) is 11.8 Å². The first-order valence-electron chi connectivity index (χ1n) is 6.34. The van der Waals surface area contributed by atoms with E-state index >= 15 is 0 Å². The van der Waals surface area contributed by atoms with Crippen molar-refractivity contribution in [2.24, 2.45) is 17.6 Å². The molecule has 0 radical (unpaired) electrons. The summed E-state index contributed by atoms with van der Waals surface area (Å²) < 4.78 is 22.2. The summed E-state index contributed by atoms with van der Waals surface area (Å²) in [5, 5.41) is 0.442. The summed E-state index contributed by atoms with van der Waals surface area (Å²) in [5.74, 6) is 2.42. The Morgan fingerprint density at radius 3 is 2.53 bits per heavy atom. The predicted molar refractivity (Wildman–Crippen MR) is 76.1 cm³/mol. The lowest BCUT2D eigenvalue weighted by atomic mass is 9.79. The minimum absolute atomic E-state index is 0.245. The lowest BCUT2D eigenvalue weighted by Crippen LogP contribution is -2.39. The van der Waals surface area contributed by atoms with Crippen molar-refractivity contribution in [1.82, 2.24) is 0 Å². The molecule has 0 spiro atoms. The van der Waals surface area contributed by atoms with Gasteiger partial charge < -0.3 is 5.73 Å². The highest BCUT2D eigenvalue weighted by Crippen LogP contribution is 2.35. The summed E-state index contributed by atoms with van der Waals surface area (Å²) in [7, 11) is -2.83. The van der Waals surface area contributed by atoms with E-state index in [2.05, 4.69) is 13.8 Å². The zero-order valence-electron chi connectivity index (χ0n) is 11.1. The molecule has 17 heavy (non-hydrogen) atoms. The quantitative estimate of drug-likeness (QED) is 0.835. The highest BCUT2D eigenvalue weighted by atomic mass is 32.2. The molecule has 0 saturated heterocycles. The normalized spacial score (nSPS) is 30.8. The molecule has 1 rings (SSSR count). The van der Waals surface area contributed by atoms with Crippen LogP contribution in [0.15, 0.2) is 0 Å². The second-order valence-electron chi connectivity index (χ2n) is 5.52. The van der Waals surface area contributed by atoms with Crippen molar-refractivity contribution in [3.63, 3.8) is 0 Å². The molecule has 0 heterocycles. The molecule has 102 valence electrons. The van der Waals surface area contributed by atoms with Crippen LogP contribution in [0.1, 0.15) is 33.1 Å². The third-order valence-electron chi connectivity index (χ3n) is 3.61. The zero-order valence-corrected chi connectivity index (χ0v) is 12.7. The van der Waals surface area contributed by atoms with E-state index in [0.717, 1.165) is 18.8 Å². The molecule has 1 aliphatic carbocycles. The van der Waals surface area contributed by atoms with E-state index in [4.69, 9.17) is 5.73 Å². The van der Waals surface area contributed by atoms with Crippen molar-refractivity contribution in [2.45, 2.75) is 44.4 Å². The molecule has 3 atom stereocenters. The molecule has 0 bridgehead atoms. The van der Waals surface area contributed by atoms with Crippen LogP contribution in [-0.4, -0.2) is 37.5 Å². The monoisotopic (exact) mass is 279 g/mol. The third-order valence-corrected chi connectivity index (χ3v) is 6.23. The largest absolute Gasteiger partial charge is 0.327 e. The average molecular weight is 279 g/mol. The van der Waals surface area contributed by atoms with E-state index in [1.807, 2.05) is 0 Å². The minimum atomic E-state index is -2.83. The van der Waals surface area contributed by atoms with Gasteiger partial charge in [-0.2, -0.15) is 11.8 Å². The lowest BCUT2D eigenvalue weighted by molar-refractivity contribution is 0.266.